The lowest BCUT2D eigenvalue weighted by molar-refractivity contribution is 0.538. The molecular formula is C117H209N5S6. The molecule has 5 nitrogen and oxygen atoms in total. The largest absolute Gasteiger partial charge is 0.324 e. The molecule has 0 bridgehead atoms. The Hall–Kier alpha value is -1.63. The van der Waals surface area contributed by atoms with Crippen LogP contribution in [0, 0.1) is 0 Å². The van der Waals surface area contributed by atoms with Crippen molar-refractivity contribution in [3.63, 3.8) is 0 Å². The molecular weight excluding hydrogens is 1670 g/mol. The number of nitrogens with one attached hydrogen (secondary N) is 2. The zero-order valence-corrected chi connectivity index (χ0v) is 90.5. The normalized spacial score (nSPS) is 11.7. The smallest absolute Gasteiger partial charge is 0.232 e. The summed E-state index contributed by atoms with van der Waals surface area (Å²) in [5.41, 5.74) is 3.20. The maximum Gasteiger partial charge on any atom is 0.232 e. The fourth-order valence-corrected chi connectivity index (χ4v) is 25.9. The zero-order chi connectivity index (χ0) is 90.7. The lowest BCUT2D eigenvalue weighted by Crippen LogP contribution is -2.06. The third-order valence-corrected chi connectivity index (χ3v) is 34.2. The van der Waals surface area contributed by atoms with E-state index >= 15 is 0 Å². The van der Waals surface area contributed by atoms with Gasteiger partial charge in [0.15, 0.2) is 5.82 Å². The monoisotopic (exact) mass is 1880 g/mol. The Morgan fingerprint density at radius 3 is 0.508 bits per heavy atom. The van der Waals surface area contributed by atoms with Gasteiger partial charge in [0.1, 0.15) is 0 Å². The minimum atomic E-state index is 0.607. The van der Waals surface area contributed by atoms with E-state index in [2.05, 4.69) is 177 Å². The second-order valence-electron chi connectivity index (χ2n) is 39.2. The average Bonchev–Trinajstić information content (AvgIpc) is 0.804. The highest BCUT2D eigenvalue weighted by Crippen LogP contribution is 2.45. The Bertz CT molecular complexity index is 2700. The predicted molar refractivity (Wildman–Crippen MR) is 591 cm³/mol. The first-order valence-electron chi connectivity index (χ1n) is 57.0. The van der Waals surface area contributed by atoms with Crippen molar-refractivity contribution in [1.29, 1.82) is 0 Å². The fourth-order valence-electron chi connectivity index (χ4n) is 18.3. The molecule has 0 aliphatic heterocycles. The van der Waals surface area contributed by atoms with E-state index in [1.807, 2.05) is 0 Å². The minimum Gasteiger partial charge on any atom is -0.324 e. The standard InChI is InChI=1S/C117H209N5S6/c1-7-13-19-25-31-37-43-49-55-61-67-73-79-88-96-123-109-102-107(103-110(124-97-89-80-74-68-62-56-50-44-38-32-26-20-14-8-2)113(109)127-100-92-83-77-71-65-59-53-47-41-35-29-23-17-11-5)118-116-120-115(106-94-86-85-87-95-106)121-117(122-116)119-108-104-111(125-98-90-81-75-69-63-57-51-45-39-33-27-21-15-9-3)114(128-101-93-84-78-72-66-60-54-48-42-36-30-24-18-12-6)112(105-108)126-99-91-82-76-70-64-58-52-46-40-34-28-22-16-10-4/h85-87,94-95,102-105H,7-84,88-93,96-101H2,1-6H3,(H2,118,119,120,121,122). The minimum absolute atomic E-state index is 0.607. The summed E-state index contributed by atoms with van der Waals surface area (Å²) in [5.74, 6) is 8.92. The van der Waals surface area contributed by atoms with Crippen LogP contribution < -0.4 is 10.6 Å². The van der Waals surface area contributed by atoms with Crippen LogP contribution in [0.3, 0.4) is 0 Å². The number of benzene rings is 3. The summed E-state index contributed by atoms with van der Waals surface area (Å²) in [6.07, 6.45) is 117. The Morgan fingerprint density at radius 1 is 0.180 bits per heavy atom. The maximum absolute atomic E-state index is 5.46. The van der Waals surface area contributed by atoms with E-state index in [1.54, 1.807) is 0 Å². The Morgan fingerprint density at radius 2 is 0.336 bits per heavy atom. The molecule has 0 fully saturated rings. The van der Waals surface area contributed by atoms with Crippen LogP contribution in [0.1, 0.15) is 581 Å². The van der Waals surface area contributed by atoms with Crippen LogP contribution in [0.25, 0.3) is 11.4 Å². The fraction of sp³-hybridized carbons (Fsp3) is 0.821. The third kappa shape index (κ3) is 70.1. The summed E-state index contributed by atoms with van der Waals surface area (Å²) in [6.45, 7) is 14.0. The van der Waals surface area contributed by atoms with Gasteiger partial charge in [-0.05, 0) is 97.3 Å². The summed E-state index contributed by atoms with van der Waals surface area (Å²) < 4.78 is 0. The van der Waals surface area contributed by atoms with Gasteiger partial charge in [0.2, 0.25) is 11.9 Å². The van der Waals surface area contributed by atoms with Gasteiger partial charge < -0.3 is 10.6 Å². The van der Waals surface area contributed by atoms with Crippen LogP contribution in [-0.4, -0.2) is 49.5 Å². The number of unbranched alkanes of at least 4 members (excludes halogenated alkanes) is 78. The first-order chi connectivity index (χ1) is 63.5. The highest BCUT2D eigenvalue weighted by molar-refractivity contribution is 8.04. The zero-order valence-electron chi connectivity index (χ0n) is 85.6. The molecule has 128 heavy (non-hydrogen) atoms. The summed E-state index contributed by atoms with van der Waals surface area (Å²) >= 11 is 12.9. The van der Waals surface area contributed by atoms with Gasteiger partial charge >= 0.3 is 0 Å². The first kappa shape index (κ1) is 119. The maximum atomic E-state index is 5.46. The quantitative estimate of drug-likeness (QED) is 0.0328. The number of hydrogen-bond acceptors (Lipinski definition) is 11. The molecule has 4 aromatic rings. The number of thioether (sulfide) groups is 6. The molecule has 0 saturated carbocycles. The molecule has 4 rings (SSSR count). The lowest BCUT2D eigenvalue weighted by Gasteiger charge is -2.19. The molecule has 0 amide bonds. The number of nitrogens with zero attached hydrogens (tertiary/aromatic N) is 3. The molecule has 2 N–H and O–H groups in total. The van der Waals surface area contributed by atoms with Gasteiger partial charge in [-0.25, -0.2) is 0 Å². The van der Waals surface area contributed by atoms with Crippen LogP contribution in [0.15, 0.2) is 84.0 Å². The highest BCUT2D eigenvalue weighted by Gasteiger charge is 2.20. The van der Waals surface area contributed by atoms with Crippen LogP contribution in [-0.2, 0) is 0 Å². The average molecular weight is 1880 g/mol. The molecule has 1 heterocycles. The van der Waals surface area contributed by atoms with Gasteiger partial charge in [0, 0.05) is 46.3 Å². The van der Waals surface area contributed by atoms with E-state index in [0.29, 0.717) is 17.7 Å². The van der Waals surface area contributed by atoms with Gasteiger partial charge in [-0.15, -0.1) is 70.6 Å². The molecule has 0 radical (unpaired) electrons. The molecule has 0 aliphatic carbocycles. The predicted octanol–water partition coefficient (Wildman–Crippen LogP) is 44.5. The van der Waals surface area contributed by atoms with Crippen molar-refractivity contribution in [1.82, 2.24) is 15.0 Å². The molecule has 3 aromatic carbocycles. The summed E-state index contributed by atoms with van der Waals surface area (Å²) in [5, 5.41) is 7.93. The highest BCUT2D eigenvalue weighted by atomic mass is 32.2. The van der Waals surface area contributed by atoms with Crippen LogP contribution >= 0.6 is 70.6 Å². The summed E-state index contributed by atoms with van der Waals surface area (Å²) in [7, 11) is 0. The molecule has 0 aliphatic rings. The Labute approximate surface area is 823 Å². The van der Waals surface area contributed by atoms with Crippen molar-refractivity contribution in [2.24, 2.45) is 0 Å². The van der Waals surface area contributed by atoms with Crippen LogP contribution in [0.4, 0.5) is 23.3 Å². The first-order valence-corrected chi connectivity index (χ1v) is 62.9. The molecule has 738 valence electrons. The molecule has 0 spiro atoms. The second kappa shape index (κ2) is 93.0. The Balaban J connectivity index is 1.68. The van der Waals surface area contributed by atoms with Crippen molar-refractivity contribution in [3.05, 3.63) is 54.6 Å². The van der Waals surface area contributed by atoms with Gasteiger partial charge in [-0.1, -0.05) is 573 Å². The topological polar surface area (TPSA) is 62.7 Å². The van der Waals surface area contributed by atoms with Crippen molar-refractivity contribution < 1.29 is 0 Å². The molecule has 1 aromatic heterocycles. The lowest BCUT2D eigenvalue weighted by atomic mass is 10.0. The van der Waals surface area contributed by atoms with E-state index in [4.69, 9.17) is 15.0 Å². The van der Waals surface area contributed by atoms with Crippen LogP contribution in [0.5, 0.6) is 0 Å². The molecule has 0 atom stereocenters. The number of anilines is 4. The van der Waals surface area contributed by atoms with E-state index in [0.717, 1.165) is 39.9 Å². The molecule has 0 saturated heterocycles. The van der Waals surface area contributed by atoms with Crippen molar-refractivity contribution in [2.75, 3.05) is 45.2 Å². The number of rotatable bonds is 101. The van der Waals surface area contributed by atoms with E-state index in [1.165, 1.54) is 580 Å². The van der Waals surface area contributed by atoms with Gasteiger partial charge in [0.05, 0.1) is 0 Å². The summed E-state index contributed by atoms with van der Waals surface area (Å²) in [4.78, 5) is 25.0. The van der Waals surface area contributed by atoms with Crippen LogP contribution in [0.2, 0.25) is 0 Å². The second-order valence-corrected chi connectivity index (χ2v) is 46.0. The van der Waals surface area contributed by atoms with Gasteiger partial charge in [-0.3, -0.25) is 0 Å². The molecule has 11 heteroatoms. The summed E-state index contributed by atoms with van der Waals surface area (Å²) in [6, 6.07) is 20.7. The number of aromatic nitrogens is 3. The van der Waals surface area contributed by atoms with E-state index in [9.17, 15) is 0 Å². The van der Waals surface area contributed by atoms with Crippen molar-refractivity contribution in [3.8, 4) is 11.4 Å². The van der Waals surface area contributed by atoms with Gasteiger partial charge in [0.25, 0.3) is 0 Å². The van der Waals surface area contributed by atoms with E-state index < -0.39 is 0 Å². The third-order valence-electron chi connectivity index (χ3n) is 26.7. The van der Waals surface area contributed by atoms with Crippen molar-refractivity contribution >= 4 is 93.8 Å². The van der Waals surface area contributed by atoms with Gasteiger partial charge in [-0.2, -0.15) is 15.0 Å². The van der Waals surface area contributed by atoms with E-state index in [-0.39, 0.29) is 0 Å². The van der Waals surface area contributed by atoms with Crippen molar-refractivity contribution in [2.45, 2.75) is 610 Å². The Kier molecular flexibility index (Phi) is 86.3. The number of hydrogen-bond donors (Lipinski definition) is 2. The molecule has 0 unspecified atom stereocenters. The SMILES string of the molecule is CCCCCCCCCCCCCCCCSc1cc(Nc2nc(Nc3cc(SCCCCCCCCCCCCCCCC)c(SCCCCCCCCCCCCCCCC)c(SCCCCCCCCCCCCCCCC)c3)nc(-c3ccccc3)n2)cc(SCCCCCCCCCCCCCCCC)c1SCCCCCCCCCCCCCCCC.